The molecule has 3 aromatic rings. The molecule has 0 atom stereocenters. The van der Waals surface area contributed by atoms with Crippen molar-refractivity contribution in [2.45, 2.75) is 32.9 Å². The number of benzene rings is 2. The van der Waals surface area contributed by atoms with Gasteiger partial charge in [0.2, 0.25) is 0 Å². The van der Waals surface area contributed by atoms with E-state index in [4.69, 9.17) is 4.74 Å². The summed E-state index contributed by atoms with van der Waals surface area (Å²) in [5.74, 6) is -0.187. The van der Waals surface area contributed by atoms with Gasteiger partial charge >= 0.3 is 6.09 Å². The highest BCUT2D eigenvalue weighted by Crippen LogP contribution is 2.18. The molecule has 3 rings (SSSR count). The molecule has 3 N–H and O–H groups in total. The monoisotopic (exact) mass is 365 g/mol. The first-order chi connectivity index (χ1) is 12.8. The van der Waals surface area contributed by atoms with Crippen LogP contribution in [0, 0.1) is 0 Å². The van der Waals surface area contributed by atoms with Gasteiger partial charge in [-0.25, -0.2) is 4.79 Å². The van der Waals surface area contributed by atoms with Crippen molar-refractivity contribution in [1.82, 2.24) is 10.3 Å². The molecule has 0 aliphatic carbocycles. The van der Waals surface area contributed by atoms with Crippen LogP contribution in [0.5, 0.6) is 0 Å². The second kappa shape index (κ2) is 7.53. The molecule has 0 aliphatic rings. The molecule has 0 aliphatic heterocycles. The number of fused-ring (bicyclic) bond motifs is 1. The predicted octanol–water partition coefficient (Wildman–Crippen LogP) is 4.44. The number of ether oxygens (including phenoxy) is 1. The summed E-state index contributed by atoms with van der Waals surface area (Å²) in [6.07, 6.45) is 1.39. The smallest absolute Gasteiger partial charge is 0.407 e. The van der Waals surface area contributed by atoms with Crippen molar-refractivity contribution >= 4 is 28.6 Å². The lowest BCUT2D eigenvalue weighted by atomic mass is 10.1. The fourth-order valence-electron chi connectivity index (χ4n) is 2.59. The highest BCUT2D eigenvalue weighted by Gasteiger charge is 2.15. The summed E-state index contributed by atoms with van der Waals surface area (Å²) >= 11 is 0. The van der Waals surface area contributed by atoms with E-state index in [1.54, 1.807) is 24.3 Å². The summed E-state index contributed by atoms with van der Waals surface area (Å²) < 4.78 is 5.20. The fourth-order valence-corrected chi connectivity index (χ4v) is 2.59. The van der Waals surface area contributed by atoms with Crippen LogP contribution >= 0.6 is 0 Å². The van der Waals surface area contributed by atoms with Gasteiger partial charge in [-0.2, -0.15) is 0 Å². The molecule has 27 heavy (non-hydrogen) atoms. The van der Waals surface area contributed by atoms with E-state index in [9.17, 15) is 9.59 Å². The van der Waals surface area contributed by atoms with Crippen LogP contribution in [-0.2, 0) is 11.3 Å². The molecule has 0 bridgehead atoms. The maximum absolute atomic E-state index is 12.4. The number of H-pyrrole nitrogens is 1. The van der Waals surface area contributed by atoms with E-state index < -0.39 is 11.7 Å². The largest absolute Gasteiger partial charge is 0.444 e. The fraction of sp³-hybridized carbons (Fsp3) is 0.238. The van der Waals surface area contributed by atoms with Gasteiger partial charge in [0.15, 0.2) is 0 Å². The second-order valence-electron chi connectivity index (χ2n) is 7.29. The van der Waals surface area contributed by atoms with Gasteiger partial charge in [0, 0.05) is 29.5 Å². The van der Waals surface area contributed by atoms with Crippen molar-refractivity contribution in [2.75, 3.05) is 5.32 Å². The van der Waals surface area contributed by atoms with Crippen molar-refractivity contribution in [1.29, 1.82) is 0 Å². The molecule has 0 spiro atoms. The van der Waals surface area contributed by atoms with E-state index in [1.165, 1.54) is 0 Å². The summed E-state index contributed by atoms with van der Waals surface area (Å²) in [7, 11) is 0. The van der Waals surface area contributed by atoms with Gasteiger partial charge in [-0.1, -0.05) is 18.2 Å². The van der Waals surface area contributed by atoms with E-state index in [0.717, 1.165) is 22.2 Å². The quantitative estimate of drug-likeness (QED) is 0.639. The number of carbonyl (C=O) groups is 2. The Hall–Kier alpha value is -3.28. The molecule has 6 heteroatoms. The van der Waals surface area contributed by atoms with Gasteiger partial charge in [-0.3, -0.25) is 4.79 Å². The van der Waals surface area contributed by atoms with Crippen molar-refractivity contribution < 1.29 is 14.3 Å². The van der Waals surface area contributed by atoms with Crippen LogP contribution in [0.1, 0.15) is 36.7 Å². The van der Waals surface area contributed by atoms with Crippen LogP contribution in [0.3, 0.4) is 0 Å². The Morgan fingerprint density at radius 3 is 2.48 bits per heavy atom. The van der Waals surface area contributed by atoms with E-state index in [2.05, 4.69) is 15.6 Å². The molecule has 140 valence electrons. The number of anilines is 1. The Kier molecular flexibility index (Phi) is 5.16. The van der Waals surface area contributed by atoms with Crippen molar-refractivity contribution in [3.63, 3.8) is 0 Å². The van der Waals surface area contributed by atoms with E-state index in [0.29, 0.717) is 12.1 Å². The molecule has 0 saturated carbocycles. The summed E-state index contributed by atoms with van der Waals surface area (Å²) in [5.41, 5.74) is 2.59. The summed E-state index contributed by atoms with van der Waals surface area (Å²) in [4.78, 5) is 27.2. The minimum absolute atomic E-state index is 0.187. The molecule has 1 aromatic heterocycles. The SMILES string of the molecule is CC(C)(C)OC(=O)NCc1ccc(C(=O)Nc2ccc3cc[nH]c3c2)cc1. The van der Waals surface area contributed by atoms with E-state index in [-0.39, 0.29) is 5.91 Å². The van der Waals surface area contributed by atoms with E-state index >= 15 is 0 Å². The molecular formula is C21H23N3O3. The minimum Gasteiger partial charge on any atom is -0.444 e. The minimum atomic E-state index is -0.533. The lowest BCUT2D eigenvalue weighted by Crippen LogP contribution is -2.32. The van der Waals surface area contributed by atoms with Crippen molar-refractivity contribution in [3.8, 4) is 0 Å². The Morgan fingerprint density at radius 2 is 1.78 bits per heavy atom. The average molecular weight is 365 g/mol. The zero-order valence-corrected chi connectivity index (χ0v) is 15.6. The zero-order valence-electron chi connectivity index (χ0n) is 15.6. The molecule has 0 fully saturated rings. The number of aromatic nitrogens is 1. The van der Waals surface area contributed by atoms with Gasteiger partial charge < -0.3 is 20.4 Å². The van der Waals surface area contributed by atoms with Crippen LogP contribution in [0.2, 0.25) is 0 Å². The maximum Gasteiger partial charge on any atom is 0.407 e. The standard InChI is InChI=1S/C21H23N3O3/c1-21(2,3)27-20(26)23-13-14-4-6-16(7-5-14)19(25)24-17-9-8-15-10-11-22-18(15)12-17/h4-12,22H,13H2,1-3H3,(H,23,26)(H,24,25). The summed E-state index contributed by atoms with van der Waals surface area (Å²) in [5, 5.41) is 6.67. The molecular weight excluding hydrogens is 342 g/mol. The third-order valence-corrected chi connectivity index (χ3v) is 3.86. The lowest BCUT2D eigenvalue weighted by molar-refractivity contribution is 0.0523. The highest BCUT2D eigenvalue weighted by molar-refractivity contribution is 6.05. The number of aromatic amines is 1. The normalized spacial score (nSPS) is 11.2. The van der Waals surface area contributed by atoms with Gasteiger partial charge in [0.1, 0.15) is 5.60 Å². The molecule has 1 heterocycles. The van der Waals surface area contributed by atoms with Gasteiger partial charge in [0.05, 0.1) is 0 Å². The van der Waals surface area contributed by atoms with Crippen molar-refractivity contribution in [3.05, 3.63) is 65.9 Å². The third kappa shape index (κ3) is 5.10. The van der Waals surface area contributed by atoms with E-state index in [1.807, 2.05) is 51.2 Å². The molecule has 6 nitrogen and oxygen atoms in total. The number of nitrogens with one attached hydrogen (secondary N) is 3. The van der Waals surface area contributed by atoms with Gasteiger partial charge in [-0.15, -0.1) is 0 Å². The predicted molar refractivity (Wildman–Crippen MR) is 106 cm³/mol. The summed E-state index contributed by atoms with van der Waals surface area (Å²) in [6, 6.07) is 14.8. The number of hydrogen-bond acceptors (Lipinski definition) is 3. The Morgan fingerprint density at radius 1 is 1.04 bits per heavy atom. The summed E-state index contributed by atoms with van der Waals surface area (Å²) in [6.45, 7) is 5.77. The molecule has 2 aromatic carbocycles. The number of rotatable bonds is 4. The first-order valence-electron chi connectivity index (χ1n) is 8.74. The molecule has 0 saturated heterocycles. The Balaban J connectivity index is 1.57. The van der Waals surface area contributed by atoms with Gasteiger partial charge in [-0.05, 0) is 62.1 Å². The number of amides is 2. The molecule has 0 radical (unpaired) electrons. The van der Waals surface area contributed by atoms with Crippen LogP contribution in [-0.4, -0.2) is 22.6 Å². The van der Waals surface area contributed by atoms with Crippen LogP contribution < -0.4 is 10.6 Å². The maximum atomic E-state index is 12.4. The topological polar surface area (TPSA) is 83.2 Å². The molecule has 2 amide bonds. The van der Waals surface area contributed by atoms with Crippen molar-refractivity contribution in [2.24, 2.45) is 0 Å². The zero-order chi connectivity index (χ0) is 19.4. The number of carbonyl (C=O) groups excluding carboxylic acids is 2. The lowest BCUT2D eigenvalue weighted by Gasteiger charge is -2.19. The highest BCUT2D eigenvalue weighted by atomic mass is 16.6. The van der Waals surface area contributed by atoms with Gasteiger partial charge in [0.25, 0.3) is 5.91 Å². The van der Waals surface area contributed by atoms with Crippen LogP contribution in [0.15, 0.2) is 54.7 Å². The number of alkyl carbamates (subject to hydrolysis) is 1. The van der Waals surface area contributed by atoms with Crippen LogP contribution in [0.25, 0.3) is 10.9 Å². The first kappa shape index (κ1) is 18.5. The second-order valence-corrected chi connectivity index (χ2v) is 7.29. The Labute approximate surface area is 157 Å². The first-order valence-corrected chi connectivity index (χ1v) is 8.74. The van der Waals surface area contributed by atoms with Crippen LogP contribution in [0.4, 0.5) is 10.5 Å². The Bertz CT molecular complexity index is 953. The third-order valence-electron chi connectivity index (χ3n) is 3.86. The molecule has 0 unspecified atom stereocenters. The average Bonchev–Trinajstić information content (AvgIpc) is 3.06. The number of hydrogen-bond donors (Lipinski definition) is 3.